The number of hydrogen-bond acceptors (Lipinski definition) is 5. The molecule has 224 valence electrons. The predicted molar refractivity (Wildman–Crippen MR) is 159 cm³/mol. The van der Waals surface area contributed by atoms with Gasteiger partial charge in [-0.2, -0.15) is 0 Å². The molecule has 1 heterocycles. The van der Waals surface area contributed by atoms with E-state index in [0.29, 0.717) is 19.6 Å². The smallest absolute Gasteiger partial charge is 0.412 e. The summed E-state index contributed by atoms with van der Waals surface area (Å²) in [5.74, 6) is 0. The van der Waals surface area contributed by atoms with E-state index in [1.165, 1.54) is 64.2 Å². The number of carbonyl (C=O) groups is 1. The molecular formula is C33H57NO5. The van der Waals surface area contributed by atoms with Crippen LogP contribution >= 0.6 is 0 Å². The summed E-state index contributed by atoms with van der Waals surface area (Å²) in [5, 5.41) is 11.4. The third kappa shape index (κ3) is 12.6. The van der Waals surface area contributed by atoms with Gasteiger partial charge in [-0.3, -0.25) is 4.90 Å². The topological polar surface area (TPSA) is 68.2 Å². The van der Waals surface area contributed by atoms with E-state index in [2.05, 4.69) is 6.92 Å². The minimum atomic E-state index is -0.850. The Morgan fingerprint density at radius 2 is 1.51 bits per heavy atom. The standard InChI is InChI=1S/C33H57NO5/c1-7-8-9-10-11-12-13-14-15-16-17-21-24-29(35)30(37-25-27-22-19-18-20-23-27)28-26-38-33(5,6)34(28)31(36)39-32(2,3)4/h18-20,22-23,28-30,35H,7-17,21,24-26H2,1-6H3/t28-,29+,30-/m0/s1. The summed E-state index contributed by atoms with van der Waals surface area (Å²) in [7, 11) is 0. The van der Waals surface area contributed by atoms with E-state index in [9.17, 15) is 9.90 Å². The molecule has 0 bridgehead atoms. The molecule has 1 N–H and O–H groups in total. The third-order valence-corrected chi connectivity index (χ3v) is 7.51. The largest absolute Gasteiger partial charge is 0.444 e. The quantitative estimate of drug-likeness (QED) is 0.187. The zero-order valence-corrected chi connectivity index (χ0v) is 25.8. The van der Waals surface area contributed by atoms with E-state index in [4.69, 9.17) is 14.2 Å². The van der Waals surface area contributed by atoms with Crippen molar-refractivity contribution in [2.24, 2.45) is 0 Å². The molecule has 6 heteroatoms. The zero-order valence-electron chi connectivity index (χ0n) is 25.8. The van der Waals surface area contributed by atoms with Gasteiger partial charge in [0.15, 0.2) is 0 Å². The van der Waals surface area contributed by atoms with Crippen molar-refractivity contribution in [3.8, 4) is 0 Å². The minimum Gasteiger partial charge on any atom is -0.444 e. The van der Waals surface area contributed by atoms with E-state index in [-0.39, 0.29) is 0 Å². The average molecular weight is 548 g/mol. The van der Waals surface area contributed by atoms with Gasteiger partial charge in [-0.15, -0.1) is 0 Å². The summed E-state index contributed by atoms with van der Waals surface area (Å²) in [4.78, 5) is 14.9. The number of rotatable bonds is 18. The Balaban J connectivity index is 1.90. The van der Waals surface area contributed by atoms with Crippen molar-refractivity contribution in [2.45, 2.75) is 161 Å². The fourth-order valence-electron chi connectivity index (χ4n) is 5.34. The first-order valence-electron chi connectivity index (χ1n) is 15.5. The van der Waals surface area contributed by atoms with Crippen LogP contribution in [0.25, 0.3) is 0 Å². The van der Waals surface area contributed by atoms with Crippen LogP contribution < -0.4 is 0 Å². The van der Waals surface area contributed by atoms with Gasteiger partial charge in [0.1, 0.15) is 17.4 Å². The molecule has 1 fully saturated rings. The number of carbonyl (C=O) groups excluding carboxylic acids is 1. The van der Waals surface area contributed by atoms with Crippen molar-refractivity contribution in [3.63, 3.8) is 0 Å². The number of hydrogen-bond donors (Lipinski definition) is 1. The van der Waals surface area contributed by atoms with Crippen LogP contribution in [0, 0.1) is 0 Å². The summed E-state index contributed by atoms with van der Waals surface area (Å²) in [6.45, 7) is 12.2. The van der Waals surface area contributed by atoms with E-state index < -0.39 is 35.7 Å². The Labute approximate surface area is 238 Å². The summed E-state index contributed by atoms with van der Waals surface area (Å²) in [6, 6.07) is 9.51. The Kier molecular flexibility index (Phi) is 14.8. The first kappa shape index (κ1) is 33.6. The van der Waals surface area contributed by atoms with Gasteiger partial charge in [-0.25, -0.2) is 4.79 Å². The maximum Gasteiger partial charge on any atom is 0.412 e. The Morgan fingerprint density at radius 1 is 0.974 bits per heavy atom. The molecular weight excluding hydrogens is 490 g/mol. The van der Waals surface area contributed by atoms with Crippen molar-refractivity contribution in [1.29, 1.82) is 0 Å². The second kappa shape index (κ2) is 17.2. The lowest BCUT2D eigenvalue weighted by Crippen LogP contribution is -2.56. The van der Waals surface area contributed by atoms with Crippen molar-refractivity contribution in [3.05, 3.63) is 35.9 Å². The molecule has 0 unspecified atom stereocenters. The molecule has 0 radical (unpaired) electrons. The van der Waals surface area contributed by atoms with Gasteiger partial charge in [0, 0.05) is 0 Å². The first-order chi connectivity index (χ1) is 18.5. The minimum absolute atomic E-state index is 0.293. The highest BCUT2D eigenvalue weighted by molar-refractivity contribution is 5.70. The number of benzene rings is 1. The molecule has 0 spiro atoms. The van der Waals surface area contributed by atoms with Gasteiger partial charge in [0.05, 0.1) is 25.4 Å². The number of aliphatic hydroxyl groups excluding tert-OH is 1. The fraction of sp³-hybridized carbons (Fsp3) is 0.788. The highest BCUT2D eigenvalue weighted by atomic mass is 16.6. The lowest BCUT2D eigenvalue weighted by molar-refractivity contribution is -0.0990. The second-order valence-corrected chi connectivity index (χ2v) is 12.7. The Hall–Kier alpha value is -1.63. The Morgan fingerprint density at radius 3 is 2.05 bits per heavy atom. The third-order valence-electron chi connectivity index (χ3n) is 7.51. The molecule has 6 nitrogen and oxygen atoms in total. The van der Waals surface area contributed by atoms with Crippen molar-refractivity contribution in [2.75, 3.05) is 6.61 Å². The Bertz CT molecular complexity index is 791. The lowest BCUT2D eigenvalue weighted by Gasteiger charge is -2.38. The van der Waals surface area contributed by atoms with E-state index in [1.807, 2.05) is 65.0 Å². The van der Waals surface area contributed by atoms with Gasteiger partial charge < -0.3 is 19.3 Å². The molecule has 1 aliphatic heterocycles. The molecule has 3 atom stereocenters. The lowest BCUT2D eigenvalue weighted by atomic mass is 9.98. The van der Waals surface area contributed by atoms with Crippen molar-refractivity contribution < 1.29 is 24.1 Å². The summed E-state index contributed by atoms with van der Waals surface area (Å²) >= 11 is 0. The molecule has 0 aromatic heterocycles. The zero-order chi connectivity index (χ0) is 28.7. The maximum atomic E-state index is 13.2. The monoisotopic (exact) mass is 547 g/mol. The molecule has 1 saturated heterocycles. The van der Waals surface area contributed by atoms with Crippen LogP contribution in [0.3, 0.4) is 0 Å². The number of nitrogens with zero attached hydrogens (tertiary/aromatic N) is 1. The predicted octanol–water partition coefficient (Wildman–Crippen LogP) is 8.40. The van der Waals surface area contributed by atoms with Crippen molar-refractivity contribution >= 4 is 6.09 Å². The van der Waals surface area contributed by atoms with Gasteiger partial charge in [-0.05, 0) is 46.6 Å². The molecule has 39 heavy (non-hydrogen) atoms. The van der Waals surface area contributed by atoms with Gasteiger partial charge in [-0.1, -0.05) is 114 Å². The van der Waals surface area contributed by atoms with Crippen LogP contribution in [0.4, 0.5) is 4.79 Å². The molecule has 0 aliphatic carbocycles. The fourth-order valence-corrected chi connectivity index (χ4v) is 5.34. The molecule has 1 aliphatic rings. The molecule has 1 aromatic rings. The summed E-state index contributed by atoms with van der Waals surface area (Å²) in [5.41, 5.74) is -0.451. The average Bonchev–Trinajstić information content (AvgIpc) is 3.19. The number of ether oxygens (including phenoxy) is 3. The first-order valence-corrected chi connectivity index (χ1v) is 15.5. The van der Waals surface area contributed by atoms with Crippen LogP contribution in [0.5, 0.6) is 0 Å². The van der Waals surface area contributed by atoms with Crippen LogP contribution in [0.15, 0.2) is 30.3 Å². The van der Waals surface area contributed by atoms with Gasteiger partial charge in [0.2, 0.25) is 0 Å². The molecule has 2 rings (SSSR count). The second-order valence-electron chi connectivity index (χ2n) is 12.7. The highest BCUT2D eigenvalue weighted by Gasteiger charge is 2.50. The number of unbranched alkanes of at least 4 members (excludes halogenated alkanes) is 11. The van der Waals surface area contributed by atoms with E-state index in [0.717, 1.165) is 18.4 Å². The maximum absolute atomic E-state index is 13.2. The normalized spacial score (nSPS) is 18.7. The van der Waals surface area contributed by atoms with Gasteiger partial charge in [0.25, 0.3) is 0 Å². The number of amides is 1. The van der Waals surface area contributed by atoms with Crippen LogP contribution in [0.2, 0.25) is 0 Å². The van der Waals surface area contributed by atoms with Crippen LogP contribution in [-0.4, -0.2) is 52.3 Å². The molecule has 1 aromatic carbocycles. The van der Waals surface area contributed by atoms with Crippen LogP contribution in [0.1, 0.15) is 131 Å². The summed E-state index contributed by atoms with van der Waals surface area (Å²) < 4.78 is 18.1. The van der Waals surface area contributed by atoms with Gasteiger partial charge >= 0.3 is 6.09 Å². The number of aliphatic hydroxyl groups is 1. The molecule has 0 saturated carbocycles. The highest BCUT2D eigenvalue weighted by Crippen LogP contribution is 2.33. The van der Waals surface area contributed by atoms with Crippen molar-refractivity contribution in [1.82, 2.24) is 4.90 Å². The SMILES string of the molecule is CCCCCCCCCCCCCC[C@@H](O)[C@@H](OCc1ccccc1)[C@@H]1COC(C)(C)N1C(=O)OC(C)(C)C. The van der Waals surface area contributed by atoms with E-state index >= 15 is 0 Å². The van der Waals surface area contributed by atoms with Crippen LogP contribution in [-0.2, 0) is 20.8 Å². The van der Waals surface area contributed by atoms with E-state index in [1.54, 1.807) is 4.90 Å². The molecule has 1 amide bonds. The summed E-state index contributed by atoms with van der Waals surface area (Å²) in [6.07, 6.45) is 14.2.